The number of esters is 1. The van der Waals surface area contributed by atoms with Crippen LogP contribution < -0.4 is 43.4 Å². The molecule has 0 spiro atoms. The quantitative estimate of drug-likeness (QED) is 0.0546. The SMILES string of the molecule is CC(C)(C)OC(=O)C[C@H]1CCCNC1.CC(C)(C)OC(=O)N[C@H]1CCCN(C(=O)CNc2cc(Cl)cc(Cl)c2)C1.N[C@H]1CCCN(C(=O)CNc2cc(Cl)cc(Cl)c2)C1.Nc1nccc(N[C@H]2CCCN(C(=O)CNc3cc(F)cc(Cl)c3)C2)n1. The second kappa shape index (κ2) is 34.5. The Labute approximate surface area is 524 Å². The van der Waals surface area contributed by atoms with Crippen LogP contribution in [0.1, 0.15) is 99.3 Å². The lowest BCUT2D eigenvalue weighted by molar-refractivity contribution is -0.156. The number of nitrogen functional groups attached to an aromatic ring is 1. The van der Waals surface area contributed by atoms with Gasteiger partial charge in [0, 0.05) is 112 Å². The largest absolute Gasteiger partial charge is 0.460 e. The van der Waals surface area contributed by atoms with Gasteiger partial charge in [0.25, 0.3) is 0 Å². The molecule has 4 aliphatic heterocycles. The molecule has 1 aromatic heterocycles. The first-order valence-corrected chi connectivity index (χ1v) is 30.5. The zero-order chi connectivity index (χ0) is 62.3. The fraction of sp³-hybridized carbons (Fsp3) is 0.542. The number of piperidine rings is 4. The average molecular weight is 1280 g/mol. The standard InChI is InChI=1S/C18H25Cl2N3O3.C17H20ClFN6O.C13H17Cl2N3O.C11H21NO2/c1-18(2,3)26-17(25)22-14-5-4-6-23(11-14)16(24)10-21-15-8-12(19)7-13(20)9-15;18-11-6-12(19)8-14(7-11)22-9-16(26)25-5-1-2-13(10-25)23-15-3-4-21-17(20)24-15;14-9-4-10(15)6-12(5-9)17-7-13(19)18-3-1-2-11(16)8-18;1-11(2,3)14-10(13)7-9-5-4-6-12-8-9/h7-9,14,21H,4-6,10-11H2,1-3H3,(H,22,25);3-4,6-8,13,22H,1-2,5,9-10H2,(H3,20,21,23,24);4-6,11,17H,1-3,7-8,16H2;9,12H,4-8H2,1-3H3/t14-;13-;11-;9-/m0001/s1. The van der Waals surface area contributed by atoms with Gasteiger partial charge in [0.05, 0.1) is 19.6 Å². The minimum absolute atomic E-state index is 0.0446. The zero-order valence-electron chi connectivity index (χ0n) is 49.3. The van der Waals surface area contributed by atoms with Crippen LogP contribution in [-0.4, -0.2) is 156 Å². The van der Waals surface area contributed by atoms with Crippen molar-refractivity contribution in [3.63, 3.8) is 0 Å². The molecule has 4 fully saturated rings. The normalized spacial score (nSPS) is 18.7. The number of hydrogen-bond donors (Lipinski definition) is 8. The smallest absolute Gasteiger partial charge is 0.407 e. The van der Waals surface area contributed by atoms with Crippen LogP contribution >= 0.6 is 58.0 Å². The highest BCUT2D eigenvalue weighted by Crippen LogP contribution is 2.25. The average Bonchev–Trinajstić information content (AvgIpc) is 3.43. The number of carbonyl (C=O) groups excluding carboxylic acids is 5. The van der Waals surface area contributed by atoms with Crippen molar-refractivity contribution in [1.82, 2.24) is 35.3 Å². The number of halogens is 6. The number of anilines is 5. The summed E-state index contributed by atoms with van der Waals surface area (Å²) in [6.07, 6.45) is 9.43. The van der Waals surface area contributed by atoms with Gasteiger partial charge in [0.15, 0.2) is 0 Å². The molecule has 85 heavy (non-hydrogen) atoms. The molecular weight excluding hydrogens is 1200 g/mol. The Kier molecular flexibility index (Phi) is 28.4. The molecule has 5 heterocycles. The third-order valence-corrected chi connectivity index (χ3v) is 14.4. The van der Waals surface area contributed by atoms with E-state index >= 15 is 0 Å². The maximum absolute atomic E-state index is 13.3. The number of rotatable bonds is 14. The van der Waals surface area contributed by atoms with E-state index in [9.17, 15) is 28.4 Å². The van der Waals surface area contributed by atoms with Gasteiger partial charge in [-0.2, -0.15) is 4.98 Å². The Morgan fingerprint density at radius 3 is 1.58 bits per heavy atom. The first-order chi connectivity index (χ1) is 40.1. The lowest BCUT2D eigenvalue weighted by Gasteiger charge is -2.33. The van der Waals surface area contributed by atoms with Crippen molar-refractivity contribution in [3.05, 3.63) is 97.8 Å². The number of carbonyl (C=O) groups is 5. The van der Waals surface area contributed by atoms with Crippen LogP contribution in [0.25, 0.3) is 0 Å². The topological polar surface area (TPSA) is 264 Å². The summed E-state index contributed by atoms with van der Waals surface area (Å²) in [5, 5.41) is 20.8. The van der Waals surface area contributed by atoms with Crippen LogP contribution in [0.4, 0.5) is 38.0 Å². The van der Waals surface area contributed by atoms with Gasteiger partial charge < -0.3 is 67.5 Å². The maximum atomic E-state index is 13.3. The number of nitrogens with two attached hydrogens (primary N) is 2. The summed E-state index contributed by atoms with van der Waals surface area (Å²) in [6, 6.07) is 16.1. The van der Waals surface area contributed by atoms with Crippen molar-refractivity contribution < 1.29 is 37.8 Å². The Morgan fingerprint density at radius 1 is 0.635 bits per heavy atom. The van der Waals surface area contributed by atoms with Gasteiger partial charge in [-0.05, 0) is 173 Å². The number of nitrogens with one attached hydrogen (secondary N) is 6. The summed E-state index contributed by atoms with van der Waals surface area (Å²) < 4.78 is 23.9. The summed E-state index contributed by atoms with van der Waals surface area (Å²) in [4.78, 5) is 73.6. The van der Waals surface area contributed by atoms with Gasteiger partial charge in [-0.25, -0.2) is 14.2 Å². The van der Waals surface area contributed by atoms with E-state index in [1.165, 1.54) is 18.6 Å². The maximum Gasteiger partial charge on any atom is 0.407 e. The minimum atomic E-state index is -0.545. The Balaban J connectivity index is 0.000000212. The molecule has 0 bridgehead atoms. The minimum Gasteiger partial charge on any atom is -0.460 e. The molecule has 20 nitrogen and oxygen atoms in total. The van der Waals surface area contributed by atoms with Gasteiger partial charge in [-0.1, -0.05) is 58.0 Å². The van der Waals surface area contributed by atoms with E-state index in [-0.39, 0.29) is 78.0 Å². The Morgan fingerprint density at radius 2 is 1.11 bits per heavy atom. The lowest BCUT2D eigenvalue weighted by atomic mass is 9.96. The number of ether oxygens (including phenoxy) is 2. The van der Waals surface area contributed by atoms with E-state index in [1.54, 1.807) is 69.4 Å². The molecule has 8 rings (SSSR count). The Hall–Kier alpha value is -5.81. The summed E-state index contributed by atoms with van der Waals surface area (Å²) in [5.41, 5.74) is 12.5. The van der Waals surface area contributed by atoms with E-state index in [2.05, 4.69) is 41.9 Å². The number of benzene rings is 3. The van der Waals surface area contributed by atoms with Gasteiger partial charge >= 0.3 is 12.1 Å². The molecule has 0 radical (unpaired) electrons. The molecular formula is C59H83Cl5FN13O7. The predicted octanol–water partition coefficient (Wildman–Crippen LogP) is 10.4. The van der Waals surface area contributed by atoms with Gasteiger partial charge in [0.1, 0.15) is 22.8 Å². The monoisotopic (exact) mass is 1280 g/mol. The zero-order valence-corrected chi connectivity index (χ0v) is 53.1. The lowest BCUT2D eigenvalue weighted by Crippen LogP contribution is -2.51. The molecule has 10 N–H and O–H groups in total. The number of amides is 4. The number of likely N-dealkylation sites (tertiary alicyclic amines) is 3. The molecule has 4 amide bonds. The molecule has 468 valence electrons. The third-order valence-electron chi connectivity index (χ3n) is 13.3. The molecule has 26 heteroatoms. The molecule has 0 saturated carbocycles. The summed E-state index contributed by atoms with van der Waals surface area (Å²) in [5.74, 6) is 0.756. The number of aromatic nitrogens is 2. The van der Waals surface area contributed by atoms with Crippen molar-refractivity contribution in [1.29, 1.82) is 0 Å². The van der Waals surface area contributed by atoms with Crippen molar-refractivity contribution in [2.75, 3.05) is 99.0 Å². The second-order valence-corrected chi connectivity index (χ2v) is 25.4. The number of alkyl carbamates (subject to hydrolysis) is 1. The van der Waals surface area contributed by atoms with Crippen molar-refractivity contribution >= 4 is 117 Å². The highest BCUT2D eigenvalue weighted by Gasteiger charge is 2.28. The molecule has 0 unspecified atom stereocenters. The van der Waals surface area contributed by atoms with E-state index in [1.807, 2.05) is 41.5 Å². The van der Waals surface area contributed by atoms with Crippen molar-refractivity contribution in [3.8, 4) is 0 Å². The Bertz CT molecular complexity index is 2770. The summed E-state index contributed by atoms with van der Waals surface area (Å²) in [6.45, 7) is 17.5. The molecule has 4 aliphatic rings. The van der Waals surface area contributed by atoms with E-state index in [4.69, 9.17) is 78.9 Å². The number of hydrogen-bond acceptors (Lipinski definition) is 16. The van der Waals surface area contributed by atoms with Gasteiger partial charge in [-0.3, -0.25) is 19.2 Å². The number of nitrogens with zero attached hydrogens (tertiary/aromatic N) is 5. The predicted molar refractivity (Wildman–Crippen MR) is 338 cm³/mol. The molecule has 0 aliphatic carbocycles. The summed E-state index contributed by atoms with van der Waals surface area (Å²) >= 11 is 29.5. The van der Waals surface area contributed by atoms with Crippen LogP contribution in [0.15, 0.2) is 66.9 Å². The fourth-order valence-electron chi connectivity index (χ4n) is 9.57. The molecule has 4 aromatic rings. The van der Waals surface area contributed by atoms with Crippen LogP contribution in [0.3, 0.4) is 0 Å². The highest BCUT2D eigenvalue weighted by molar-refractivity contribution is 6.35. The van der Waals surface area contributed by atoms with E-state index in [0.29, 0.717) is 82.3 Å². The van der Waals surface area contributed by atoms with Crippen LogP contribution in [-0.2, 0) is 28.7 Å². The molecule has 4 saturated heterocycles. The highest BCUT2D eigenvalue weighted by atomic mass is 35.5. The third kappa shape index (κ3) is 28.1. The van der Waals surface area contributed by atoms with Crippen molar-refractivity contribution in [2.24, 2.45) is 11.7 Å². The van der Waals surface area contributed by atoms with E-state index < -0.39 is 17.5 Å². The van der Waals surface area contributed by atoms with Crippen molar-refractivity contribution in [2.45, 2.75) is 129 Å². The summed E-state index contributed by atoms with van der Waals surface area (Å²) in [7, 11) is 0. The molecule has 4 atom stereocenters. The van der Waals surface area contributed by atoms with Gasteiger partial charge in [-0.15, -0.1) is 0 Å². The second-order valence-electron chi connectivity index (χ2n) is 23.2. The van der Waals surface area contributed by atoms with Crippen LogP contribution in [0.2, 0.25) is 25.1 Å². The fourth-order valence-corrected chi connectivity index (χ4v) is 10.8. The molecule has 3 aromatic carbocycles. The first kappa shape index (κ1) is 70.0. The van der Waals surface area contributed by atoms with Crippen LogP contribution in [0.5, 0.6) is 0 Å². The van der Waals surface area contributed by atoms with Crippen LogP contribution in [0, 0.1) is 11.7 Å². The van der Waals surface area contributed by atoms with E-state index in [0.717, 1.165) is 70.3 Å². The van der Waals surface area contributed by atoms with Gasteiger partial charge in [0.2, 0.25) is 23.7 Å². The first-order valence-electron chi connectivity index (χ1n) is 28.6.